The molecule has 24 heavy (non-hydrogen) atoms. The van der Waals surface area contributed by atoms with Crippen molar-refractivity contribution in [3.05, 3.63) is 21.4 Å². The summed E-state index contributed by atoms with van der Waals surface area (Å²) < 4.78 is 0. The number of Topliss-reactive ketones (excluding diaryl/α,β-unsaturated/α-hetero) is 1. The highest BCUT2D eigenvalue weighted by Crippen LogP contribution is 2.22. The van der Waals surface area contributed by atoms with Gasteiger partial charge in [-0.15, -0.1) is 11.3 Å². The van der Waals surface area contributed by atoms with Gasteiger partial charge in [0.25, 0.3) is 0 Å². The van der Waals surface area contributed by atoms with Crippen LogP contribution in [0.5, 0.6) is 0 Å². The van der Waals surface area contributed by atoms with Crippen LogP contribution in [0.1, 0.15) is 65.6 Å². The van der Waals surface area contributed by atoms with Crippen molar-refractivity contribution < 1.29 is 9.59 Å². The van der Waals surface area contributed by atoms with Gasteiger partial charge in [0, 0.05) is 47.3 Å². The summed E-state index contributed by atoms with van der Waals surface area (Å²) in [4.78, 5) is 28.8. The molecule has 4 nitrogen and oxygen atoms in total. The fraction of sp³-hybridized carbons (Fsp3) is 0.684. The van der Waals surface area contributed by atoms with Crippen LogP contribution in [0.4, 0.5) is 0 Å². The third-order valence-corrected chi connectivity index (χ3v) is 5.77. The van der Waals surface area contributed by atoms with Gasteiger partial charge in [0.15, 0.2) is 5.78 Å². The van der Waals surface area contributed by atoms with Gasteiger partial charge in [-0.05, 0) is 52.6 Å². The van der Waals surface area contributed by atoms with Gasteiger partial charge >= 0.3 is 0 Å². The number of amides is 1. The molecule has 1 atom stereocenters. The number of hydrogen-bond donors (Lipinski definition) is 1. The van der Waals surface area contributed by atoms with E-state index < -0.39 is 0 Å². The minimum absolute atomic E-state index is 0.0142. The zero-order valence-corrected chi connectivity index (χ0v) is 16.0. The summed E-state index contributed by atoms with van der Waals surface area (Å²) >= 11 is 1.64. The van der Waals surface area contributed by atoms with Gasteiger partial charge in [-0.3, -0.25) is 9.59 Å². The number of rotatable bonds is 8. The van der Waals surface area contributed by atoms with E-state index in [1.165, 1.54) is 25.8 Å². The van der Waals surface area contributed by atoms with E-state index in [1.54, 1.807) is 11.3 Å². The van der Waals surface area contributed by atoms with Crippen molar-refractivity contribution in [3.8, 4) is 0 Å². The highest BCUT2D eigenvalue weighted by Gasteiger charge is 2.17. The minimum Gasteiger partial charge on any atom is -0.356 e. The van der Waals surface area contributed by atoms with Gasteiger partial charge in [0.1, 0.15) is 0 Å². The SMILES string of the molecule is Cc1cc(C(=O)CCC(=O)NCCCN2CCCCC2C)c(C)s1. The Morgan fingerprint density at radius 3 is 2.75 bits per heavy atom. The molecule has 1 unspecified atom stereocenters. The molecule has 2 heterocycles. The number of nitrogens with zero attached hydrogens (tertiary/aromatic N) is 1. The van der Waals surface area contributed by atoms with Crippen molar-refractivity contribution >= 4 is 23.0 Å². The van der Waals surface area contributed by atoms with Gasteiger partial charge in [0.05, 0.1) is 0 Å². The maximum atomic E-state index is 12.2. The smallest absolute Gasteiger partial charge is 0.220 e. The molecule has 1 aromatic rings. The summed E-state index contributed by atoms with van der Waals surface area (Å²) in [5.74, 6) is 0.0637. The van der Waals surface area contributed by atoms with Crippen LogP contribution in [0, 0.1) is 13.8 Å². The molecule has 1 N–H and O–H groups in total. The normalized spacial score (nSPS) is 18.5. The number of ketones is 1. The predicted octanol–water partition coefficient (Wildman–Crippen LogP) is 3.71. The van der Waals surface area contributed by atoms with E-state index in [2.05, 4.69) is 17.1 Å². The number of aryl methyl sites for hydroxylation is 2. The number of likely N-dealkylation sites (tertiary alicyclic amines) is 1. The zero-order chi connectivity index (χ0) is 17.5. The first-order valence-electron chi connectivity index (χ1n) is 9.08. The van der Waals surface area contributed by atoms with Crippen molar-refractivity contribution in [1.82, 2.24) is 10.2 Å². The predicted molar refractivity (Wildman–Crippen MR) is 99.9 cm³/mol. The largest absolute Gasteiger partial charge is 0.356 e. The Balaban J connectivity index is 1.61. The Kier molecular flexibility index (Phi) is 7.43. The van der Waals surface area contributed by atoms with E-state index in [9.17, 15) is 9.59 Å². The molecule has 0 aromatic carbocycles. The summed E-state index contributed by atoms with van der Waals surface area (Å²) in [5, 5.41) is 2.95. The lowest BCUT2D eigenvalue weighted by molar-refractivity contribution is -0.121. The molecule has 1 saturated heterocycles. The molecule has 0 bridgehead atoms. The van der Waals surface area contributed by atoms with Gasteiger partial charge < -0.3 is 10.2 Å². The van der Waals surface area contributed by atoms with E-state index in [0.717, 1.165) is 28.3 Å². The maximum absolute atomic E-state index is 12.2. The molecule has 1 aromatic heterocycles. The lowest BCUT2D eigenvalue weighted by Gasteiger charge is -2.33. The lowest BCUT2D eigenvalue weighted by atomic mass is 10.0. The number of carbonyl (C=O) groups excluding carboxylic acids is 2. The highest BCUT2D eigenvalue weighted by molar-refractivity contribution is 7.12. The standard InChI is InChI=1S/C19H30N2O2S/c1-14-7-4-5-11-21(14)12-6-10-20-19(23)9-8-18(22)17-13-15(2)24-16(17)3/h13-14H,4-12H2,1-3H3,(H,20,23). The monoisotopic (exact) mass is 350 g/mol. The van der Waals surface area contributed by atoms with Crippen LogP contribution in [0.15, 0.2) is 6.07 Å². The van der Waals surface area contributed by atoms with Crippen LogP contribution >= 0.6 is 11.3 Å². The quantitative estimate of drug-likeness (QED) is 0.574. The average Bonchev–Trinajstić information content (AvgIpc) is 2.89. The molecule has 134 valence electrons. The van der Waals surface area contributed by atoms with E-state index in [-0.39, 0.29) is 18.1 Å². The summed E-state index contributed by atoms with van der Waals surface area (Å²) in [5.41, 5.74) is 0.782. The first kappa shape index (κ1) is 19.1. The summed E-state index contributed by atoms with van der Waals surface area (Å²) in [6.07, 6.45) is 5.48. The van der Waals surface area contributed by atoms with E-state index in [0.29, 0.717) is 19.0 Å². The number of hydrogen-bond acceptors (Lipinski definition) is 4. The summed E-state index contributed by atoms with van der Waals surface area (Å²) in [6, 6.07) is 2.60. The zero-order valence-electron chi connectivity index (χ0n) is 15.2. The van der Waals surface area contributed by atoms with Crippen molar-refractivity contribution in [2.24, 2.45) is 0 Å². The molecule has 2 rings (SSSR count). The van der Waals surface area contributed by atoms with Gasteiger partial charge in [-0.2, -0.15) is 0 Å². The van der Waals surface area contributed by atoms with E-state index in [4.69, 9.17) is 0 Å². The fourth-order valence-electron chi connectivity index (χ4n) is 3.36. The molecule has 0 radical (unpaired) electrons. The Labute approximate surface area is 149 Å². The second-order valence-electron chi connectivity index (χ2n) is 6.83. The topological polar surface area (TPSA) is 49.4 Å². The maximum Gasteiger partial charge on any atom is 0.220 e. The number of carbonyl (C=O) groups is 2. The van der Waals surface area contributed by atoms with Crippen molar-refractivity contribution in [2.75, 3.05) is 19.6 Å². The highest BCUT2D eigenvalue weighted by atomic mass is 32.1. The molecule has 1 fully saturated rings. The Bertz CT molecular complexity index is 568. The lowest BCUT2D eigenvalue weighted by Crippen LogP contribution is -2.39. The molecule has 1 aliphatic heterocycles. The van der Waals surface area contributed by atoms with Crippen LogP contribution in [0.2, 0.25) is 0 Å². The summed E-state index contributed by atoms with van der Waals surface area (Å²) in [7, 11) is 0. The van der Waals surface area contributed by atoms with Crippen LogP contribution in [-0.2, 0) is 4.79 Å². The first-order valence-corrected chi connectivity index (χ1v) is 9.90. The van der Waals surface area contributed by atoms with Gasteiger partial charge in [-0.1, -0.05) is 6.42 Å². The molecule has 1 aliphatic rings. The van der Waals surface area contributed by atoms with Crippen molar-refractivity contribution in [1.29, 1.82) is 0 Å². The van der Waals surface area contributed by atoms with E-state index >= 15 is 0 Å². The van der Waals surface area contributed by atoms with Crippen LogP contribution in [-0.4, -0.2) is 42.3 Å². The van der Waals surface area contributed by atoms with E-state index in [1.807, 2.05) is 19.9 Å². The molecular weight excluding hydrogens is 320 g/mol. The molecule has 5 heteroatoms. The van der Waals surface area contributed by atoms with Gasteiger partial charge in [-0.25, -0.2) is 0 Å². The fourth-order valence-corrected chi connectivity index (χ4v) is 4.30. The third kappa shape index (κ3) is 5.71. The molecule has 1 amide bonds. The Morgan fingerprint density at radius 1 is 1.29 bits per heavy atom. The Morgan fingerprint density at radius 2 is 2.08 bits per heavy atom. The molecule has 0 saturated carbocycles. The Hall–Kier alpha value is -1.20. The van der Waals surface area contributed by atoms with Crippen LogP contribution < -0.4 is 5.32 Å². The number of thiophene rings is 1. The molecule has 0 aliphatic carbocycles. The third-order valence-electron chi connectivity index (χ3n) is 4.81. The molecule has 0 spiro atoms. The second kappa shape index (κ2) is 9.33. The van der Waals surface area contributed by atoms with Crippen LogP contribution in [0.25, 0.3) is 0 Å². The number of piperidine rings is 1. The van der Waals surface area contributed by atoms with Crippen LogP contribution in [0.3, 0.4) is 0 Å². The minimum atomic E-state index is -0.0142. The second-order valence-corrected chi connectivity index (χ2v) is 8.29. The molecular formula is C19H30N2O2S. The first-order chi connectivity index (χ1) is 11.5. The average molecular weight is 351 g/mol. The van der Waals surface area contributed by atoms with Gasteiger partial charge in [0.2, 0.25) is 5.91 Å². The summed E-state index contributed by atoms with van der Waals surface area (Å²) in [6.45, 7) is 9.19. The number of nitrogens with one attached hydrogen (secondary N) is 1. The van der Waals surface area contributed by atoms with Crippen molar-refractivity contribution in [3.63, 3.8) is 0 Å². The van der Waals surface area contributed by atoms with Crippen molar-refractivity contribution in [2.45, 2.75) is 65.3 Å².